The van der Waals surface area contributed by atoms with Crippen LogP contribution in [0.2, 0.25) is 0 Å². The summed E-state index contributed by atoms with van der Waals surface area (Å²) in [5.74, 6) is 0.899. The zero-order valence-corrected chi connectivity index (χ0v) is 15.9. The van der Waals surface area contributed by atoms with Crippen LogP contribution in [0.1, 0.15) is 34.6 Å². The molecule has 1 rings (SSSR count). The molecule has 0 aromatic heterocycles. The second-order valence-corrected chi connectivity index (χ2v) is 6.10. The first-order valence-electron chi connectivity index (χ1n) is 7.30. The fourth-order valence-corrected chi connectivity index (χ4v) is 2.05. The van der Waals surface area contributed by atoms with Gasteiger partial charge in [0.2, 0.25) is 0 Å². The molecule has 1 atom stereocenters. The van der Waals surface area contributed by atoms with E-state index in [1.165, 1.54) is 0 Å². The van der Waals surface area contributed by atoms with Gasteiger partial charge in [-0.25, -0.2) is 0 Å². The molecule has 0 spiro atoms. The van der Waals surface area contributed by atoms with Crippen molar-refractivity contribution >= 4 is 29.9 Å². The third-order valence-corrected chi connectivity index (χ3v) is 3.00. The molecule has 120 valence electrons. The molecule has 6 heteroatoms. The lowest BCUT2D eigenvalue weighted by atomic mass is 10.1. The Kier molecular flexibility index (Phi) is 9.74. The third kappa shape index (κ3) is 8.26. The smallest absolute Gasteiger partial charge is 0.191 e. The Balaban J connectivity index is 0.00000361. The Morgan fingerprint density at radius 3 is 2.65 bits per heavy atom. The third-order valence-electron chi connectivity index (χ3n) is 3.00. The summed E-state index contributed by atoms with van der Waals surface area (Å²) in [6, 6.07) is 0.502. The lowest BCUT2D eigenvalue weighted by molar-refractivity contribution is 0.00141. The number of morpholine rings is 1. The number of hydrogen-bond acceptors (Lipinski definition) is 3. The number of ether oxygens (including phenoxy) is 1. The van der Waals surface area contributed by atoms with Crippen molar-refractivity contribution < 1.29 is 4.74 Å². The van der Waals surface area contributed by atoms with Crippen LogP contribution in [0.25, 0.3) is 0 Å². The zero-order valence-electron chi connectivity index (χ0n) is 13.5. The maximum Gasteiger partial charge on any atom is 0.191 e. The van der Waals surface area contributed by atoms with E-state index in [4.69, 9.17) is 4.74 Å². The van der Waals surface area contributed by atoms with E-state index < -0.39 is 0 Å². The van der Waals surface area contributed by atoms with Crippen LogP contribution in [-0.4, -0.2) is 61.8 Å². The average Bonchev–Trinajstić information content (AvgIpc) is 2.30. The van der Waals surface area contributed by atoms with Gasteiger partial charge in [-0.2, -0.15) is 0 Å². The molecule has 0 amide bonds. The van der Waals surface area contributed by atoms with Gasteiger partial charge >= 0.3 is 0 Å². The second-order valence-electron chi connectivity index (χ2n) is 6.10. The normalized spacial score (nSPS) is 21.2. The Bertz CT molecular complexity index is 291. The topological polar surface area (TPSA) is 48.9 Å². The van der Waals surface area contributed by atoms with Crippen LogP contribution in [0.5, 0.6) is 0 Å². The molecule has 5 nitrogen and oxygen atoms in total. The van der Waals surface area contributed by atoms with E-state index in [0.29, 0.717) is 6.04 Å². The highest BCUT2D eigenvalue weighted by molar-refractivity contribution is 14.0. The Labute approximate surface area is 140 Å². The monoisotopic (exact) mass is 398 g/mol. The van der Waals surface area contributed by atoms with Gasteiger partial charge in [-0.15, -0.1) is 24.0 Å². The van der Waals surface area contributed by atoms with Gasteiger partial charge in [-0.1, -0.05) is 0 Å². The first-order valence-corrected chi connectivity index (χ1v) is 7.30. The summed E-state index contributed by atoms with van der Waals surface area (Å²) < 4.78 is 5.44. The SMILES string of the molecule is CCNC(=NCCN1CCOCC1C)NC(C)(C)C.I. The maximum atomic E-state index is 5.44. The highest BCUT2D eigenvalue weighted by Gasteiger charge is 2.18. The van der Waals surface area contributed by atoms with E-state index in [-0.39, 0.29) is 29.5 Å². The molecule has 0 aromatic carbocycles. The molecule has 1 saturated heterocycles. The van der Waals surface area contributed by atoms with Gasteiger partial charge in [0.25, 0.3) is 0 Å². The Morgan fingerprint density at radius 2 is 2.10 bits per heavy atom. The minimum absolute atomic E-state index is 0. The molecule has 1 heterocycles. The van der Waals surface area contributed by atoms with Gasteiger partial charge in [0.05, 0.1) is 19.8 Å². The molecule has 0 saturated carbocycles. The maximum absolute atomic E-state index is 5.44. The standard InChI is InChI=1S/C14H30N4O.HI/c1-6-15-13(17-14(3,4)5)16-7-8-18-9-10-19-11-12(18)2;/h12H,6-11H2,1-5H3,(H2,15,16,17);1H. The molecule has 0 radical (unpaired) electrons. The number of nitrogens with one attached hydrogen (secondary N) is 2. The summed E-state index contributed by atoms with van der Waals surface area (Å²) in [5, 5.41) is 6.69. The second kappa shape index (κ2) is 9.78. The molecule has 0 aromatic rings. The summed E-state index contributed by atoms with van der Waals surface area (Å²) in [5.41, 5.74) is 0.0350. The Morgan fingerprint density at radius 1 is 1.40 bits per heavy atom. The van der Waals surface area contributed by atoms with Crippen LogP contribution < -0.4 is 10.6 Å². The van der Waals surface area contributed by atoms with Crippen molar-refractivity contribution in [2.75, 3.05) is 39.4 Å². The number of rotatable bonds is 4. The average molecular weight is 398 g/mol. The summed E-state index contributed by atoms with van der Waals surface area (Å²) in [4.78, 5) is 7.08. The van der Waals surface area contributed by atoms with Crippen molar-refractivity contribution in [3.8, 4) is 0 Å². The van der Waals surface area contributed by atoms with E-state index >= 15 is 0 Å². The Hall–Kier alpha value is -0.0800. The van der Waals surface area contributed by atoms with Crippen LogP contribution in [0.3, 0.4) is 0 Å². The van der Waals surface area contributed by atoms with E-state index in [0.717, 1.165) is 45.4 Å². The molecule has 1 fully saturated rings. The number of guanidine groups is 1. The van der Waals surface area contributed by atoms with Crippen LogP contribution in [0.15, 0.2) is 4.99 Å². The van der Waals surface area contributed by atoms with Crippen LogP contribution in [0, 0.1) is 0 Å². The van der Waals surface area contributed by atoms with Crippen LogP contribution in [0.4, 0.5) is 0 Å². The first-order chi connectivity index (χ1) is 8.92. The number of halogens is 1. The highest BCUT2D eigenvalue weighted by atomic mass is 127. The minimum atomic E-state index is 0. The fourth-order valence-electron chi connectivity index (χ4n) is 2.05. The van der Waals surface area contributed by atoms with Crippen molar-refractivity contribution in [2.24, 2.45) is 4.99 Å². The first kappa shape index (κ1) is 19.9. The van der Waals surface area contributed by atoms with Gasteiger partial charge in [0.1, 0.15) is 0 Å². The van der Waals surface area contributed by atoms with Crippen molar-refractivity contribution in [1.29, 1.82) is 0 Å². The summed E-state index contributed by atoms with van der Waals surface area (Å²) >= 11 is 0. The largest absolute Gasteiger partial charge is 0.379 e. The molecule has 1 aliphatic rings. The van der Waals surface area contributed by atoms with Crippen LogP contribution in [-0.2, 0) is 4.74 Å². The van der Waals surface area contributed by atoms with Crippen molar-refractivity contribution in [3.05, 3.63) is 0 Å². The van der Waals surface area contributed by atoms with Crippen molar-refractivity contribution in [1.82, 2.24) is 15.5 Å². The number of nitrogens with zero attached hydrogens (tertiary/aromatic N) is 2. The predicted octanol–water partition coefficient (Wildman–Crippen LogP) is 1.68. The van der Waals surface area contributed by atoms with Gasteiger partial charge in [0, 0.05) is 31.2 Å². The van der Waals surface area contributed by atoms with Gasteiger partial charge < -0.3 is 15.4 Å². The molecular formula is C14H31IN4O. The number of aliphatic imine (C=N–C) groups is 1. The van der Waals surface area contributed by atoms with Crippen molar-refractivity contribution in [3.63, 3.8) is 0 Å². The molecule has 1 aliphatic heterocycles. The predicted molar refractivity (Wildman–Crippen MR) is 96.1 cm³/mol. The molecule has 0 aliphatic carbocycles. The minimum Gasteiger partial charge on any atom is -0.379 e. The van der Waals surface area contributed by atoms with Gasteiger partial charge in [-0.3, -0.25) is 9.89 Å². The van der Waals surface area contributed by atoms with E-state index in [2.05, 4.69) is 55.1 Å². The molecule has 0 bridgehead atoms. The molecular weight excluding hydrogens is 367 g/mol. The lowest BCUT2D eigenvalue weighted by Gasteiger charge is -2.32. The quantitative estimate of drug-likeness (QED) is 0.430. The van der Waals surface area contributed by atoms with Gasteiger partial charge in [0.15, 0.2) is 5.96 Å². The molecule has 20 heavy (non-hydrogen) atoms. The lowest BCUT2D eigenvalue weighted by Crippen LogP contribution is -2.48. The van der Waals surface area contributed by atoms with Crippen molar-refractivity contribution in [2.45, 2.75) is 46.2 Å². The summed E-state index contributed by atoms with van der Waals surface area (Å²) in [6.07, 6.45) is 0. The highest BCUT2D eigenvalue weighted by Crippen LogP contribution is 2.05. The van der Waals surface area contributed by atoms with E-state index in [1.807, 2.05) is 0 Å². The zero-order chi connectivity index (χ0) is 14.3. The van der Waals surface area contributed by atoms with E-state index in [9.17, 15) is 0 Å². The summed E-state index contributed by atoms with van der Waals surface area (Å²) in [6.45, 7) is 16.1. The van der Waals surface area contributed by atoms with Crippen LogP contribution >= 0.6 is 24.0 Å². The van der Waals surface area contributed by atoms with Gasteiger partial charge in [-0.05, 0) is 34.6 Å². The van der Waals surface area contributed by atoms with E-state index in [1.54, 1.807) is 0 Å². The fraction of sp³-hybridized carbons (Fsp3) is 0.929. The molecule has 2 N–H and O–H groups in total. The molecule has 1 unspecified atom stereocenters. The number of hydrogen-bond donors (Lipinski definition) is 2. The summed E-state index contributed by atoms with van der Waals surface area (Å²) in [7, 11) is 0.